The van der Waals surface area contributed by atoms with Gasteiger partial charge in [-0.25, -0.2) is 0 Å². The summed E-state index contributed by atoms with van der Waals surface area (Å²) in [5, 5.41) is 4.23. The molecule has 17 heavy (non-hydrogen) atoms. The van der Waals surface area contributed by atoms with E-state index in [0.29, 0.717) is 0 Å². The minimum Gasteiger partial charge on any atom is -0.292 e. The minimum atomic E-state index is -0.187. The van der Waals surface area contributed by atoms with E-state index in [2.05, 4.69) is 28.0 Å². The summed E-state index contributed by atoms with van der Waals surface area (Å²) in [6.07, 6.45) is 7.33. The van der Waals surface area contributed by atoms with E-state index in [1.807, 2.05) is 6.92 Å². The highest BCUT2D eigenvalue weighted by molar-refractivity contribution is 9.10. The smallest absolute Gasteiger partial charge is 0.187 e. The van der Waals surface area contributed by atoms with Gasteiger partial charge in [-0.1, -0.05) is 26.2 Å². The molecule has 0 spiro atoms. The van der Waals surface area contributed by atoms with Crippen molar-refractivity contribution in [2.24, 2.45) is 5.41 Å². The molecular weight excluding hydrogens is 280 g/mol. The predicted molar refractivity (Wildman–Crippen MR) is 71.1 cm³/mol. The fraction of sp³-hybridized carbons (Fsp3) is 0.692. The number of hydrogen-bond acceptors (Lipinski definition) is 2. The highest BCUT2D eigenvalue weighted by Crippen LogP contribution is 2.39. The largest absolute Gasteiger partial charge is 0.292 e. The number of carbonyl (C=O) groups is 1. The Hall–Kier alpha value is -0.640. The van der Waals surface area contributed by atoms with Gasteiger partial charge in [0.15, 0.2) is 5.78 Å². The Morgan fingerprint density at radius 3 is 2.71 bits per heavy atom. The zero-order valence-electron chi connectivity index (χ0n) is 10.5. The van der Waals surface area contributed by atoms with E-state index in [0.717, 1.165) is 29.6 Å². The lowest BCUT2D eigenvalue weighted by atomic mass is 9.72. The predicted octanol–water partition coefficient (Wildman–Crippen LogP) is 3.82. The molecule has 1 saturated carbocycles. The van der Waals surface area contributed by atoms with Gasteiger partial charge in [0.1, 0.15) is 5.69 Å². The van der Waals surface area contributed by atoms with Gasteiger partial charge >= 0.3 is 0 Å². The molecule has 0 amide bonds. The number of aryl methyl sites for hydroxylation is 1. The van der Waals surface area contributed by atoms with Crippen molar-refractivity contribution >= 4 is 21.7 Å². The van der Waals surface area contributed by atoms with Crippen molar-refractivity contribution in [3.63, 3.8) is 0 Å². The summed E-state index contributed by atoms with van der Waals surface area (Å²) in [6, 6.07) is 0. The summed E-state index contributed by atoms with van der Waals surface area (Å²) in [4.78, 5) is 12.7. The van der Waals surface area contributed by atoms with Crippen LogP contribution in [0.3, 0.4) is 0 Å². The normalized spacial score (nSPS) is 19.2. The van der Waals surface area contributed by atoms with Crippen molar-refractivity contribution in [2.75, 3.05) is 0 Å². The van der Waals surface area contributed by atoms with Crippen LogP contribution in [-0.2, 0) is 6.54 Å². The van der Waals surface area contributed by atoms with E-state index in [-0.39, 0.29) is 11.2 Å². The topological polar surface area (TPSA) is 34.9 Å². The molecule has 0 N–H and O–H groups in total. The molecule has 1 aromatic rings. The van der Waals surface area contributed by atoms with Gasteiger partial charge in [0, 0.05) is 12.0 Å². The van der Waals surface area contributed by atoms with E-state index in [1.165, 1.54) is 19.3 Å². The maximum Gasteiger partial charge on any atom is 0.187 e. The van der Waals surface area contributed by atoms with Gasteiger partial charge in [-0.15, -0.1) is 0 Å². The average Bonchev–Trinajstić information content (AvgIpc) is 2.70. The number of Topliss-reactive ketones (excluding diaryl/α,β-unsaturated/α-hetero) is 1. The van der Waals surface area contributed by atoms with Crippen molar-refractivity contribution in [3.8, 4) is 0 Å². The number of rotatable bonds is 3. The highest BCUT2D eigenvalue weighted by Gasteiger charge is 2.37. The highest BCUT2D eigenvalue weighted by atomic mass is 79.9. The van der Waals surface area contributed by atoms with Crippen LogP contribution in [0.25, 0.3) is 0 Å². The molecule has 1 aliphatic rings. The molecule has 0 aromatic carbocycles. The summed E-state index contributed by atoms with van der Waals surface area (Å²) < 4.78 is 2.63. The molecule has 0 atom stereocenters. The van der Waals surface area contributed by atoms with Crippen LogP contribution in [-0.4, -0.2) is 15.6 Å². The van der Waals surface area contributed by atoms with Crippen LogP contribution >= 0.6 is 15.9 Å². The van der Waals surface area contributed by atoms with Crippen molar-refractivity contribution in [1.82, 2.24) is 9.78 Å². The summed E-state index contributed by atoms with van der Waals surface area (Å²) in [7, 11) is 0. The number of carbonyl (C=O) groups excluding carboxylic acids is 1. The van der Waals surface area contributed by atoms with E-state index >= 15 is 0 Å². The van der Waals surface area contributed by atoms with E-state index in [9.17, 15) is 4.79 Å². The lowest BCUT2D eigenvalue weighted by Gasteiger charge is -2.32. The minimum absolute atomic E-state index is 0.187. The number of aromatic nitrogens is 2. The van der Waals surface area contributed by atoms with Crippen LogP contribution in [0.2, 0.25) is 0 Å². The van der Waals surface area contributed by atoms with E-state index < -0.39 is 0 Å². The number of ketones is 1. The second-order valence-electron chi connectivity index (χ2n) is 5.11. The second kappa shape index (κ2) is 4.92. The van der Waals surface area contributed by atoms with Gasteiger partial charge in [-0.05, 0) is 35.7 Å². The summed E-state index contributed by atoms with van der Waals surface area (Å²) >= 11 is 3.45. The molecule has 0 radical (unpaired) electrons. The summed E-state index contributed by atoms with van der Waals surface area (Å²) in [6.45, 7) is 4.86. The van der Waals surface area contributed by atoms with Gasteiger partial charge in [0.2, 0.25) is 0 Å². The first-order chi connectivity index (χ1) is 8.08. The molecule has 4 heteroatoms. The lowest BCUT2D eigenvalue weighted by molar-refractivity contribution is 0.0736. The summed E-state index contributed by atoms with van der Waals surface area (Å²) in [5.74, 6) is 0.253. The SMILES string of the molecule is CCn1ncc(Br)c1C(=O)C1(C)CCCCC1. The zero-order chi connectivity index (χ0) is 12.5. The number of hydrogen-bond donors (Lipinski definition) is 0. The number of nitrogens with zero attached hydrogens (tertiary/aromatic N) is 2. The van der Waals surface area contributed by atoms with Crippen LogP contribution in [0.5, 0.6) is 0 Å². The van der Waals surface area contributed by atoms with E-state index in [1.54, 1.807) is 10.9 Å². The Bertz CT molecular complexity index is 419. The fourth-order valence-electron chi connectivity index (χ4n) is 2.67. The van der Waals surface area contributed by atoms with Gasteiger partial charge < -0.3 is 0 Å². The first kappa shape index (κ1) is 12.8. The van der Waals surface area contributed by atoms with Crippen LogP contribution in [0.1, 0.15) is 56.4 Å². The molecule has 0 saturated heterocycles. The Balaban J connectivity index is 2.32. The van der Waals surface area contributed by atoms with Gasteiger partial charge in [-0.3, -0.25) is 9.48 Å². The van der Waals surface area contributed by atoms with Crippen LogP contribution in [0, 0.1) is 5.41 Å². The molecule has 1 heterocycles. The van der Waals surface area contributed by atoms with Gasteiger partial charge in [0.25, 0.3) is 0 Å². The fourth-order valence-corrected chi connectivity index (χ4v) is 3.15. The molecule has 0 unspecified atom stereocenters. The average molecular weight is 299 g/mol. The molecule has 2 rings (SSSR count). The Kier molecular flexibility index (Phi) is 3.71. The van der Waals surface area contributed by atoms with Crippen LogP contribution in [0.4, 0.5) is 0 Å². The number of halogens is 1. The lowest BCUT2D eigenvalue weighted by Crippen LogP contribution is -2.32. The van der Waals surface area contributed by atoms with Crippen molar-refractivity contribution in [2.45, 2.75) is 52.5 Å². The maximum atomic E-state index is 12.7. The molecular formula is C13H19BrN2O. The first-order valence-corrected chi connectivity index (χ1v) is 7.14. The Labute approximate surface area is 111 Å². The summed E-state index contributed by atoms with van der Waals surface area (Å²) in [5.41, 5.74) is 0.560. The quantitative estimate of drug-likeness (QED) is 0.795. The van der Waals surface area contributed by atoms with Crippen molar-refractivity contribution in [3.05, 3.63) is 16.4 Å². The standard InChI is InChI=1S/C13H19BrN2O/c1-3-16-11(10(14)9-15-16)12(17)13(2)7-5-4-6-8-13/h9H,3-8H2,1-2H3. The Morgan fingerprint density at radius 1 is 1.47 bits per heavy atom. The molecule has 1 fully saturated rings. The molecule has 0 bridgehead atoms. The maximum absolute atomic E-state index is 12.7. The van der Waals surface area contributed by atoms with E-state index in [4.69, 9.17) is 0 Å². The monoisotopic (exact) mass is 298 g/mol. The molecule has 94 valence electrons. The molecule has 3 nitrogen and oxygen atoms in total. The third-order valence-corrected chi connectivity index (χ3v) is 4.40. The van der Waals surface area contributed by atoms with Crippen LogP contribution in [0.15, 0.2) is 10.7 Å². The van der Waals surface area contributed by atoms with Crippen molar-refractivity contribution in [1.29, 1.82) is 0 Å². The van der Waals surface area contributed by atoms with Crippen LogP contribution < -0.4 is 0 Å². The van der Waals surface area contributed by atoms with Crippen molar-refractivity contribution < 1.29 is 4.79 Å². The molecule has 1 aromatic heterocycles. The van der Waals surface area contributed by atoms with Gasteiger partial charge in [-0.2, -0.15) is 5.10 Å². The third-order valence-electron chi connectivity index (χ3n) is 3.81. The third kappa shape index (κ3) is 2.32. The Morgan fingerprint density at radius 2 is 2.12 bits per heavy atom. The van der Waals surface area contributed by atoms with Gasteiger partial charge in [0.05, 0.1) is 10.7 Å². The molecule has 1 aliphatic carbocycles. The first-order valence-electron chi connectivity index (χ1n) is 6.34. The zero-order valence-corrected chi connectivity index (χ0v) is 12.1. The second-order valence-corrected chi connectivity index (χ2v) is 5.96. The molecule has 0 aliphatic heterocycles.